The number of rotatable bonds is 3. The average molecular weight is 300 g/mol. The van der Waals surface area contributed by atoms with Gasteiger partial charge in [0.15, 0.2) is 0 Å². The van der Waals surface area contributed by atoms with E-state index in [1.807, 2.05) is 19.9 Å². The lowest BCUT2D eigenvalue weighted by molar-refractivity contribution is 0.136. The number of hydrogen-bond donors (Lipinski definition) is 1. The van der Waals surface area contributed by atoms with Crippen molar-refractivity contribution >= 4 is 21.7 Å². The molecular weight excluding hydrogens is 282 g/mol. The van der Waals surface area contributed by atoms with Gasteiger partial charge in [-0.1, -0.05) is 6.92 Å². The van der Waals surface area contributed by atoms with Crippen LogP contribution in [0, 0.1) is 5.92 Å². The number of halogens is 1. The molecular formula is C12H18BrN3O. The Balaban J connectivity index is 2.15. The number of aromatic nitrogens is 2. The molecule has 1 aromatic rings. The molecule has 2 unspecified atom stereocenters. The summed E-state index contributed by atoms with van der Waals surface area (Å²) in [7, 11) is 0. The zero-order valence-electron chi connectivity index (χ0n) is 10.2. The molecule has 1 fully saturated rings. The maximum absolute atomic E-state index is 9.60. The molecule has 0 saturated carbocycles. The number of nitrogens with zero attached hydrogens (tertiary/aromatic N) is 3. The van der Waals surface area contributed by atoms with Gasteiger partial charge in [-0.3, -0.25) is 0 Å². The molecule has 2 heterocycles. The third kappa shape index (κ3) is 2.96. The fourth-order valence-electron chi connectivity index (χ4n) is 2.16. The van der Waals surface area contributed by atoms with Gasteiger partial charge in [0.25, 0.3) is 0 Å². The molecule has 4 nitrogen and oxygen atoms in total. The lowest BCUT2D eigenvalue weighted by atomic mass is 10.0. The van der Waals surface area contributed by atoms with Crippen molar-refractivity contribution in [2.75, 3.05) is 18.0 Å². The van der Waals surface area contributed by atoms with Crippen LogP contribution < -0.4 is 4.90 Å². The molecule has 0 aromatic carbocycles. The van der Waals surface area contributed by atoms with E-state index >= 15 is 0 Å². The minimum atomic E-state index is -0.240. The summed E-state index contributed by atoms with van der Waals surface area (Å²) in [4.78, 5) is 11.1. The number of hydrogen-bond acceptors (Lipinski definition) is 4. The Hall–Kier alpha value is -0.680. The summed E-state index contributed by atoms with van der Waals surface area (Å²) in [5, 5.41) is 9.60. The summed E-state index contributed by atoms with van der Waals surface area (Å²) in [6, 6.07) is 1.95. The smallest absolute Gasteiger partial charge is 0.133 e. The van der Waals surface area contributed by atoms with Crippen molar-refractivity contribution in [1.82, 2.24) is 9.97 Å². The van der Waals surface area contributed by atoms with Crippen molar-refractivity contribution in [2.45, 2.75) is 32.8 Å². The van der Waals surface area contributed by atoms with Crippen LogP contribution in [-0.2, 0) is 6.42 Å². The van der Waals surface area contributed by atoms with Gasteiger partial charge < -0.3 is 10.0 Å². The lowest BCUT2D eigenvalue weighted by Crippen LogP contribution is -2.25. The van der Waals surface area contributed by atoms with E-state index in [-0.39, 0.29) is 6.10 Å². The molecule has 2 atom stereocenters. The molecule has 1 saturated heterocycles. The van der Waals surface area contributed by atoms with Crippen molar-refractivity contribution in [3.8, 4) is 0 Å². The van der Waals surface area contributed by atoms with Crippen molar-refractivity contribution in [1.29, 1.82) is 0 Å². The van der Waals surface area contributed by atoms with Gasteiger partial charge in [0.05, 0.1) is 6.10 Å². The van der Waals surface area contributed by atoms with Crippen molar-refractivity contribution in [2.24, 2.45) is 5.92 Å². The lowest BCUT2D eigenvalue weighted by Gasteiger charge is -2.19. The molecule has 0 spiro atoms. The minimum Gasteiger partial charge on any atom is -0.393 e. The number of aryl methyl sites for hydroxylation is 1. The van der Waals surface area contributed by atoms with E-state index < -0.39 is 0 Å². The Morgan fingerprint density at radius 3 is 2.94 bits per heavy atom. The van der Waals surface area contributed by atoms with E-state index in [0.717, 1.165) is 42.2 Å². The second kappa shape index (κ2) is 5.31. The third-order valence-corrected chi connectivity index (χ3v) is 3.68. The minimum absolute atomic E-state index is 0.240. The van der Waals surface area contributed by atoms with Gasteiger partial charge in [-0.2, -0.15) is 0 Å². The highest BCUT2D eigenvalue weighted by atomic mass is 79.9. The zero-order chi connectivity index (χ0) is 12.4. The highest BCUT2D eigenvalue weighted by Gasteiger charge is 2.27. The first-order valence-electron chi connectivity index (χ1n) is 6.06. The van der Waals surface area contributed by atoms with Crippen LogP contribution in [0.5, 0.6) is 0 Å². The molecule has 0 amide bonds. The summed E-state index contributed by atoms with van der Waals surface area (Å²) < 4.78 is 0.833. The van der Waals surface area contributed by atoms with Crippen LogP contribution >= 0.6 is 15.9 Å². The monoisotopic (exact) mass is 299 g/mol. The Labute approximate surface area is 110 Å². The van der Waals surface area contributed by atoms with Crippen LogP contribution in [0.25, 0.3) is 0 Å². The Morgan fingerprint density at radius 1 is 1.59 bits per heavy atom. The first-order chi connectivity index (χ1) is 8.10. The highest BCUT2D eigenvalue weighted by molar-refractivity contribution is 9.10. The van der Waals surface area contributed by atoms with Crippen molar-refractivity contribution < 1.29 is 5.11 Å². The van der Waals surface area contributed by atoms with Crippen LogP contribution in [0.4, 0.5) is 5.82 Å². The van der Waals surface area contributed by atoms with Gasteiger partial charge in [0.2, 0.25) is 0 Å². The maximum Gasteiger partial charge on any atom is 0.133 e. The first kappa shape index (κ1) is 12.8. The third-order valence-electron chi connectivity index (χ3n) is 3.27. The molecule has 0 radical (unpaired) electrons. The predicted octanol–water partition coefficient (Wildman–Crippen LogP) is 2.01. The Morgan fingerprint density at radius 2 is 2.35 bits per heavy atom. The summed E-state index contributed by atoms with van der Waals surface area (Å²) >= 11 is 3.42. The molecule has 1 aliphatic rings. The second-order valence-corrected chi connectivity index (χ2v) is 5.37. The quantitative estimate of drug-likeness (QED) is 0.868. The van der Waals surface area contributed by atoms with Crippen LogP contribution in [-0.4, -0.2) is 34.3 Å². The summed E-state index contributed by atoms with van der Waals surface area (Å²) in [6.07, 6.45) is 1.62. The summed E-state index contributed by atoms with van der Waals surface area (Å²) in [6.45, 7) is 5.75. The first-order valence-corrected chi connectivity index (χ1v) is 6.86. The van der Waals surface area contributed by atoms with Gasteiger partial charge >= 0.3 is 0 Å². The Bertz CT molecular complexity index is 397. The zero-order valence-corrected chi connectivity index (χ0v) is 11.8. The van der Waals surface area contributed by atoms with E-state index in [2.05, 4.69) is 30.8 Å². The second-order valence-electron chi connectivity index (χ2n) is 4.55. The molecule has 1 aromatic heterocycles. The molecule has 94 valence electrons. The summed E-state index contributed by atoms with van der Waals surface area (Å²) in [5.74, 6) is 2.18. The fourth-order valence-corrected chi connectivity index (χ4v) is 2.57. The van der Waals surface area contributed by atoms with E-state index in [1.54, 1.807) is 0 Å². The molecule has 5 heteroatoms. The average Bonchev–Trinajstić information content (AvgIpc) is 2.77. The molecule has 1 N–H and O–H groups in total. The van der Waals surface area contributed by atoms with Crippen LogP contribution in [0.3, 0.4) is 0 Å². The van der Waals surface area contributed by atoms with E-state index in [9.17, 15) is 5.11 Å². The molecule has 1 aliphatic heterocycles. The topological polar surface area (TPSA) is 49.2 Å². The van der Waals surface area contributed by atoms with E-state index in [1.165, 1.54) is 0 Å². The van der Waals surface area contributed by atoms with E-state index in [4.69, 9.17) is 0 Å². The normalized spacial score (nSPS) is 21.9. The van der Waals surface area contributed by atoms with Crippen molar-refractivity contribution in [3.63, 3.8) is 0 Å². The molecule has 2 rings (SSSR count). The maximum atomic E-state index is 9.60. The number of aliphatic hydroxyl groups is 1. The van der Waals surface area contributed by atoms with Gasteiger partial charge in [0, 0.05) is 31.5 Å². The van der Waals surface area contributed by atoms with Crippen LogP contribution in [0.1, 0.15) is 26.1 Å². The molecule has 17 heavy (non-hydrogen) atoms. The number of aliphatic hydroxyl groups excluding tert-OH is 1. The van der Waals surface area contributed by atoms with Gasteiger partial charge in [0.1, 0.15) is 16.2 Å². The molecule has 0 bridgehead atoms. The van der Waals surface area contributed by atoms with Gasteiger partial charge in [-0.15, -0.1) is 0 Å². The standard InChI is InChI=1S/C12H18BrN3O/c1-3-11-14-10(13)6-12(15-11)16-5-4-9(7-16)8(2)17/h6,8-9,17H,3-5,7H2,1-2H3. The summed E-state index contributed by atoms with van der Waals surface area (Å²) in [5.41, 5.74) is 0. The molecule has 0 aliphatic carbocycles. The SMILES string of the molecule is CCc1nc(Br)cc(N2CCC(C(C)O)C2)n1. The number of anilines is 1. The van der Waals surface area contributed by atoms with Gasteiger partial charge in [-0.05, 0) is 29.3 Å². The van der Waals surface area contributed by atoms with Crippen molar-refractivity contribution in [3.05, 3.63) is 16.5 Å². The van der Waals surface area contributed by atoms with Crippen LogP contribution in [0.2, 0.25) is 0 Å². The predicted molar refractivity (Wildman–Crippen MR) is 71.1 cm³/mol. The van der Waals surface area contributed by atoms with Crippen LogP contribution in [0.15, 0.2) is 10.7 Å². The highest BCUT2D eigenvalue weighted by Crippen LogP contribution is 2.25. The largest absolute Gasteiger partial charge is 0.393 e. The fraction of sp³-hybridized carbons (Fsp3) is 0.667. The van der Waals surface area contributed by atoms with Gasteiger partial charge in [-0.25, -0.2) is 9.97 Å². The Kier molecular flexibility index (Phi) is 3.99. The van der Waals surface area contributed by atoms with E-state index in [0.29, 0.717) is 5.92 Å².